The summed E-state index contributed by atoms with van der Waals surface area (Å²) in [5.41, 5.74) is 0.214. The summed E-state index contributed by atoms with van der Waals surface area (Å²) in [4.78, 5) is 22.8. The number of benzene rings is 1. The van der Waals surface area contributed by atoms with E-state index in [2.05, 4.69) is 6.07 Å². The van der Waals surface area contributed by atoms with Crippen LogP contribution >= 0.6 is 0 Å². The number of Topliss-reactive ketones (excluding diaryl/α,β-unsaturated/α-hetero) is 1. The first-order valence-electron chi connectivity index (χ1n) is 9.29. The largest absolute Gasteiger partial charge is 0.476 e. The number of esters is 1. The summed E-state index contributed by atoms with van der Waals surface area (Å²) in [6.07, 6.45) is 7.26. The topological polar surface area (TPSA) is 52.6 Å². The smallest absolute Gasteiger partial charge is 0.349 e. The number of ether oxygens (including phenoxy) is 2. The van der Waals surface area contributed by atoms with E-state index in [0.717, 1.165) is 32.1 Å². The molecular weight excluding hydrogens is 316 g/mol. The Balaban J connectivity index is 2.39. The highest BCUT2D eigenvalue weighted by Crippen LogP contribution is 2.22. The highest BCUT2D eigenvalue weighted by Gasteiger charge is 2.31. The number of ketones is 1. The van der Waals surface area contributed by atoms with E-state index < -0.39 is 5.60 Å². The molecule has 0 N–H and O–H groups in total. The summed E-state index contributed by atoms with van der Waals surface area (Å²) >= 11 is 0. The maximum atomic E-state index is 11.9. The maximum Gasteiger partial charge on any atom is 0.349 e. The molecule has 1 aromatic carbocycles. The van der Waals surface area contributed by atoms with Gasteiger partial charge in [0.15, 0.2) is 5.60 Å². The third kappa shape index (κ3) is 8.71. The van der Waals surface area contributed by atoms with E-state index in [1.807, 2.05) is 18.2 Å². The zero-order valence-corrected chi connectivity index (χ0v) is 16.1. The molecule has 0 unspecified atom stereocenters. The predicted molar refractivity (Wildman–Crippen MR) is 99.9 cm³/mol. The second-order valence-corrected chi connectivity index (χ2v) is 6.95. The van der Waals surface area contributed by atoms with Gasteiger partial charge in [0.1, 0.15) is 11.5 Å². The Morgan fingerprint density at radius 1 is 1.04 bits per heavy atom. The van der Waals surface area contributed by atoms with Crippen LogP contribution in [-0.4, -0.2) is 24.0 Å². The molecule has 0 heterocycles. The van der Waals surface area contributed by atoms with Gasteiger partial charge in [-0.25, -0.2) is 4.79 Å². The van der Waals surface area contributed by atoms with E-state index in [1.54, 1.807) is 27.7 Å². The molecule has 4 heteroatoms. The average molecular weight is 348 g/mol. The molecule has 0 bridgehead atoms. The molecule has 4 nitrogen and oxygen atoms in total. The van der Waals surface area contributed by atoms with Crippen LogP contribution in [-0.2, 0) is 20.7 Å². The van der Waals surface area contributed by atoms with Gasteiger partial charge in [0.05, 0.1) is 6.61 Å². The Morgan fingerprint density at radius 3 is 2.40 bits per heavy atom. The van der Waals surface area contributed by atoms with Crippen LogP contribution in [0.15, 0.2) is 24.3 Å². The summed E-state index contributed by atoms with van der Waals surface area (Å²) < 4.78 is 10.9. The minimum atomic E-state index is -0.995. The summed E-state index contributed by atoms with van der Waals surface area (Å²) in [5, 5.41) is 0. The molecule has 1 aromatic rings. The minimum Gasteiger partial charge on any atom is -0.476 e. The number of rotatable bonds is 12. The first kappa shape index (κ1) is 21.2. The third-order valence-corrected chi connectivity index (χ3v) is 4.03. The lowest BCUT2D eigenvalue weighted by atomic mass is 10.0. The Bertz CT molecular complexity index is 549. The lowest BCUT2D eigenvalue weighted by Crippen LogP contribution is -2.39. The molecule has 0 spiro atoms. The Labute approximate surface area is 151 Å². The molecule has 0 atom stereocenters. The van der Waals surface area contributed by atoms with E-state index in [-0.39, 0.29) is 11.8 Å². The number of unbranched alkanes of at least 4 members (excludes halogenated alkanes) is 4. The molecule has 25 heavy (non-hydrogen) atoms. The van der Waals surface area contributed by atoms with E-state index in [0.29, 0.717) is 18.8 Å². The molecular formula is C21H32O4. The van der Waals surface area contributed by atoms with Gasteiger partial charge < -0.3 is 14.3 Å². The number of carbonyl (C=O) groups excluding carboxylic acids is 2. The Morgan fingerprint density at radius 2 is 1.72 bits per heavy atom. The van der Waals surface area contributed by atoms with Crippen molar-refractivity contribution in [2.75, 3.05) is 6.61 Å². The lowest BCUT2D eigenvalue weighted by Gasteiger charge is -2.24. The van der Waals surface area contributed by atoms with Gasteiger partial charge in [-0.3, -0.25) is 0 Å². The molecule has 0 aliphatic carbocycles. The van der Waals surface area contributed by atoms with Crippen molar-refractivity contribution in [3.8, 4) is 5.75 Å². The normalized spacial score (nSPS) is 11.2. The minimum absolute atomic E-state index is 0.280. The van der Waals surface area contributed by atoms with Crippen molar-refractivity contribution in [2.45, 2.75) is 78.2 Å². The van der Waals surface area contributed by atoms with Crippen molar-refractivity contribution in [2.24, 2.45) is 0 Å². The molecule has 0 saturated carbocycles. The number of hydrogen-bond donors (Lipinski definition) is 0. The summed E-state index contributed by atoms with van der Waals surface area (Å²) in [6, 6.07) is 7.90. The van der Waals surface area contributed by atoms with Crippen LogP contribution in [0.25, 0.3) is 0 Å². The second kappa shape index (κ2) is 10.9. The zero-order valence-electron chi connectivity index (χ0n) is 16.1. The first-order chi connectivity index (χ1) is 11.8. The second-order valence-electron chi connectivity index (χ2n) is 6.95. The van der Waals surface area contributed by atoms with Crippen LogP contribution in [0.2, 0.25) is 0 Å². The predicted octanol–water partition coefficient (Wildman–Crippen LogP) is 4.88. The Kier molecular flexibility index (Phi) is 9.25. The summed E-state index contributed by atoms with van der Waals surface area (Å²) in [7, 11) is 0. The zero-order chi connectivity index (χ0) is 18.7. The number of carbonyl (C=O) groups is 2. The molecule has 0 aromatic heterocycles. The van der Waals surface area contributed by atoms with Gasteiger partial charge in [-0.05, 0) is 64.7 Å². The van der Waals surface area contributed by atoms with Gasteiger partial charge in [0, 0.05) is 6.42 Å². The maximum absolute atomic E-state index is 11.9. The fraction of sp³-hybridized carbons (Fsp3) is 0.619. The number of hydrogen-bond acceptors (Lipinski definition) is 4. The standard InChI is InChI=1S/C21H32O4/c1-5-24-20(23)21(3,4)25-19-15-11-14-18(16-19)13-10-8-6-7-9-12-17(2)22/h11,14-16H,5-10,12-13H2,1-4H3. The molecule has 1 rings (SSSR count). The van der Waals surface area contributed by atoms with Crippen molar-refractivity contribution in [1.29, 1.82) is 0 Å². The molecule has 0 fully saturated rings. The van der Waals surface area contributed by atoms with Crippen LogP contribution in [0.3, 0.4) is 0 Å². The fourth-order valence-electron chi connectivity index (χ4n) is 2.64. The quantitative estimate of drug-likeness (QED) is 0.399. The van der Waals surface area contributed by atoms with Crippen molar-refractivity contribution in [3.63, 3.8) is 0 Å². The third-order valence-electron chi connectivity index (χ3n) is 4.03. The highest BCUT2D eigenvalue weighted by molar-refractivity contribution is 5.79. The van der Waals surface area contributed by atoms with Crippen molar-refractivity contribution in [1.82, 2.24) is 0 Å². The monoisotopic (exact) mass is 348 g/mol. The molecule has 0 saturated heterocycles. The van der Waals surface area contributed by atoms with E-state index in [4.69, 9.17) is 9.47 Å². The van der Waals surface area contributed by atoms with Crippen LogP contribution < -0.4 is 4.74 Å². The number of aryl methyl sites for hydroxylation is 1. The highest BCUT2D eigenvalue weighted by atomic mass is 16.6. The molecule has 140 valence electrons. The fourth-order valence-corrected chi connectivity index (χ4v) is 2.64. The summed E-state index contributed by atoms with van der Waals surface area (Å²) in [6.45, 7) is 7.22. The van der Waals surface area contributed by atoms with Gasteiger partial charge in [0.25, 0.3) is 0 Å². The SMILES string of the molecule is CCOC(=O)C(C)(C)Oc1cccc(CCCCCCCC(C)=O)c1. The molecule has 0 amide bonds. The molecule has 0 aliphatic heterocycles. The summed E-state index contributed by atoms with van der Waals surface area (Å²) in [5.74, 6) is 0.616. The van der Waals surface area contributed by atoms with Crippen LogP contribution in [0.4, 0.5) is 0 Å². The van der Waals surface area contributed by atoms with Crippen molar-refractivity contribution < 1.29 is 19.1 Å². The molecule has 0 aliphatic rings. The van der Waals surface area contributed by atoms with E-state index in [1.165, 1.54) is 12.0 Å². The van der Waals surface area contributed by atoms with Crippen molar-refractivity contribution in [3.05, 3.63) is 29.8 Å². The van der Waals surface area contributed by atoms with Gasteiger partial charge in [-0.2, -0.15) is 0 Å². The van der Waals surface area contributed by atoms with Crippen molar-refractivity contribution >= 4 is 11.8 Å². The Hall–Kier alpha value is -1.84. The van der Waals surface area contributed by atoms with Gasteiger partial charge in [-0.1, -0.05) is 31.4 Å². The van der Waals surface area contributed by atoms with Crippen LogP contribution in [0.5, 0.6) is 5.75 Å². The molecule has 0 radical (unpaired) electrons. The van der Waals surface area contributed by atoms with Crippen LogP contribution in [0.1, 0.15) is 71.8 Å². The lowest BCUT2D eigenvalue weighted by molar-refractivity contribution is -0.158. The average Bonchev–Trinajstić information content (AvgIpc) is 2.54. The van der Waals surface area contributed by atoms with Gasteiger partial charge in [0.2, 0.25) is 0 Å². The first-order valence-corrected chi connectivity index (χ1v) is 9.29. The van der Waals surface area contributed by atoms with E-state index >= 15 is 0 Å². The van der Waals surface area contributed by atoms with Crippen LogP contribution in [0, 0.1) is 0 Å². The van der Waals surface area contributed by atoms with E-state index in [9.17, 15) is 9.59 Å². The van der Waals surface area contributed by atoms with Gasteiger partial charge in [-0.15, -0.1) is 0 Å². The van der Waals surface area contributed by atoms with Gasteiger partial charge >= 0.3 is 5.97 Å².